The van der Waals surface area contributed by atoms with Crippen molar-refractivity contribution in [1.82, 2.24) is 20.1 Å². The number of halogens is 1. The van der Waals surface area contributed by atoms with E-state index >= 15 is 0 Å². The van der Waals surface area contributed by atoms with Gasteiger partial charge in [-0.1, -0.05) is 23.7 Å². The van der Waals surface area contributed by atoms with Gasteiger partial charge < -0.3 is 25.4 Å². The number of carbonyl (C=O) groups is 3. The van der Waals surface area contributed by atoms with Crippen LogP contribution in [0, 0.1) is 13.8 Å². The van der Waals surface area contributed by atoms with Crippen molar-refractivity contribution >= 4 is 46.7 Å². The van der Waals surface area contributed by atoms with Crippen LogP contribution in [0.3, 0.4) is 0 Å². The third-order valence-electron chi connectivity index (χ3n) is 7.20. The number of H-pyrrole nitrogens is 1. The van der Waals surface area contributed by atoms with E-state index in [1.54, 1.807) is 36.4 Å². The summed E-state index contributed by atoms with van der Waals surface area (Å²) >= 11 is 5.93. The van der Waals surface area contributed by atoms with Gasteiger partial charge in [0.2, 0.25) is 0 Å². The van der Waals surface area contributed by atoms with Crippen molar-refractivity contribution in [1.29, 1.82) is 0 Å². The minimum absolute atomic E-state index is 0.00455. The second kappa shape index (κ2) is 10.5. The van der Waals surface area contributed by atoms with Gasteiger partial charge in [-0.2, -0.15) is 0 Å². The summed E-state index contributed by atoms with van der Waals surface area (Å²) < 4.78 is 0. The molecule has 3 N–H and O–H groups in total. The molecule has 1 saturated heterocycles. The Kier molecular flexibility index (Phi) is 7.10. The molecule has 0 atom stereocenters. The highest BCUT2D eigenvalue weighted by Gasteiger charge is 2.28. The molecule has 0 saturated carbocycles. The lowest BCUT2D eigenvalue weighted by molar-refractivity contribution is -0.110. The first kappa shape index (κ1) is 25.8. The molecule has 0 bridgehead atoms. The van der Waals surface area contributed by atoms with E-state index < -0.39 is 0 Å². The largest absolute Gasteiger partial charge is 0.358 e. The van der Waals surface area contributed by atoms with Gasteiger partial charge in [-0.05, 0) is 68.4 Å². The number of anilines is 1. The lowest BCUT2D eigenvalue weighted by atomic mass is 10.0. The Hall–Kier alpha value is -3.88. The predicted octanol–water partition coefficient (Wildman–Crippen LogP) is 4.10. The summed E-state index contributed by atoms with van der Waals surface area (Å²) in [5, 5.41) is 6.42. The lowest BCUT2D eigenvalue weighted by Crippen LogP contribution is -2.47. The fraction of sp³-hybridized carbons (Fsp3) is 0.276. The van der Waals surface area contributed by atoms with Crippen LogP contribution in [0.2, 0.25) is 5.02 Å². The van der Waals surface area contributed by atoms with Crippen LogP contribution < -0.4 is 10.6 Å². The summed E-state index contributed by atoms with van der Waals surface area (Å²) in [6.45, 7) is 7.20. The minimum atomic E-state index is -0.252. The van der Waals surface area contributed by atoms with Crippen molar-refractivity contribution in [3.8, 4) is 0 Å². The van der Waals surface area contributed by atoms with Gasteiger partial charge in [-0.3, -0.25) is 14.4 Å². The molecular formula is C29H30ClN5O3. The molecule has 8 nitrogen and oxygen atoms in total. The van der Waals surface area contributed by atoms with Crippen LogP contribution in [0.25, 0.3) is 11.6 Å². The maximum absolute atomic E-state index is 13.3. The maximum Gasteiger partial charge on any atom is 0.256 e. The van der Waals surface area contributed by atoms with E-state index in [9.17, 15) is 14.4 Å². The van der Waals surface area contributed by atoms with E-state index in [2.05, 4.69) is 27.6 Å². The SMILES string of the molecule is Cc1[nH]c(/C=C2\C(=O)Nc3ccc(C(=O)NCc4ccc(Cl)cc4)cc32)c(C)c1C(=O)N1CCN(C)CC1. The zero-order valence-electron chi connectivity index (χ0n) is 21.7. The van der Waals surface area contributed by atoms with Gasteiger partial charge in [0.15, 0.2) is 0 Å². The average molecular weight is 532 g/mol. The third-order valence-corrected chi connectivity index (χ3v) is 7.45. The normalized spacial score (nSPS) is 16.5. The number of aromatic amines is 1. The predicted molar refractivity (Wildman–Crippen MR) is 149 cm³/mol. The van der Waals surface area contributed by atoms with E-state index in [4.69, 9.17) is 11.6 Å². The van der Waals surface area contributed by atoms with Crippen LogP contribution in [0.4, 0.5) is 5.69 Å². The van der Waals surface area contributed by atoms with Crippen LogP contribution in [0.1, 0.15) is 48.8 Å². The van der Waals surface area contributed by atoms with E-state index in [-0.39, 0.29) is 17.7 Å². The van der Waals surface area contributed by atoms with Gasteiger partial charge in [-0.15, -0.1) is 0 Å². The molecule has 0 aliphatic carbocycles. The highest BCUT2D eigenvalue weighted by Crippen LogP contribution is 2.35. The summed E-state index contributed by atoms with van der Waals surface area (Å²) in [5.74, 6) is -0.490. The molecule has 3 amide bonds. The van der Waals surface area contributed by atoms with Gasteiger partial charge in [-0.25, -0.2) is 0 Å². The molecule has 5 rings (SSSR count). The molecule has 2 aliphatic rings. The average Bonchev–Trinajstić information content (AvgIpc) is 3.37. The monoisotopic (exact) mass is 531 g/mol. The second-order valence-corrected chi connectivity index (χ2v) is 10.3. The Morgan fingerprint density at radius 3 is 2.47 bits per heavy atom. The fourth-order valence-corrected chi connectivity index (χ4v) is 5.04. The first-order chi connectivity index (χ1) is 18.2. The van der Waals surface area contributed by atoms with E-state index in [1.807, 2.05) is 30.9 Å². The van der Waals surface area contributed by atoms with Gasteiger partial charge in [0.25, 0.3) is 17.7 Å². The highest BCUT2D eigenvalue weighted by molar-refractivity contribution is 6.35. The second-order valence-electron chi connectivity index (χ2n) is 9.84. The molecule has 0 unspecified atom stereocenters. The van der Waals surface area contributed by atoms with Crippen molar-refractivity contribution in [3.63, 3.8) is 0 Å². The molecule has 0 spiro atoms. The Labute approximate surface area is 226 Å². The number of aromatic nitrogens is 1. The first-order valence-corrected chi connectivity index (χ1v) is 13.0. The molecule has 2 aromatic carbocycles. The number of hydrogen-bond acceptors (Lipinski definition) is 4. The number of fused-ring (bicyclic) bond motifs is 1. The number of aryl methyl sites for hydroxylation is 1. The third kappa shape index (κ3) is 5.10. The first-order valence-electron chi connectivity index (χ1n) is 12.6. The maximum atomic E-state index is 13.3. The van der Waals surface area contributed by atoms with Gasteiger partial charge in [0.1, 0.15) is 0 Å². The Morgan fingerprint density at radius 1 is 1.05 bits per heavy atom. The van der Waals surface area contributed by atoms with Crippen molar-refractivity contribution in [3.05, 3.63) is 86.7 Å². The molecule has 196 valence electrons. The topological polar surface area (TPSA) is 97.5 Å². The van der Waals surface area contributed by atoms with Crippen LogP contribution in [-0.2, 0) is 11.3 Å². The van der Waals surface area contributed by atoms with Crippen molar-refractivity contribution in [2.75, 3.05) is 38.5 Å². The highest BCUT2D eigenvalue weighted by atomic mass is 35.5. The molecule has 3 aromatic rings. The number of carbonyl (C=O) groups excluding carboxylic acids is 3. The molecular weight excluding hydrogens is 502 g/mol. The molecule has 0 radical (unpaired) electrons. The molecule has 1 aromatic heterocycles. The number of rotatable bonds is 5. The quantitative estimate of drug-likeness (QED) is 0.432. The summed E-state index contributed by atoms with van der Waals surface area (Å²) in [4.78, 5) is 46.4. The van der Waals surface area contributed by atoms with E-state index in [0.29, 0.717) is 58.3 Å². The van der Waals surface area contributed by atoms with Crippen LogP contribution in [-0.4, -0.2) is 65.7 Å². The number of piperazine rings is 1. The summed E-state index contributed by atoms with van der Waals surface area (Å²) in [6.07, 6.45) is 1.76. The summed E-state index contributed by atoms with van der Waals surface area (Å²) in [6, 6.07) is 12.4. The summed E-state index contributed by atoms with van der Waals surface area (Å²) in [7, 11) is 2.05. The smallest absolute Gasteiger partial charge is 0.256 e. The van der Waals surface area contributed by atoms with E-state index in [1.165, 1.54) is 0 Å². The zero-order chi connectivity index (χ0) is 27.0. The van der Waals surface area contributed by atoms with Gasteiger partial charge in [0.05, 0.1) is 11.1 Å². The Morgan fingerprint density at radius 2 is 1.76 bits per heavy atom. The van der Waals surface area contributed by atoms with Crippen molar-refractivity contribution in [2.24, 2.45) is 0 Å². The standard InChI is InChI=1S/C29H30ClN5O3/c1-17-25(32-18(2)26(17)29(38)35-12-10-34(3)11-13-35)15-23-22-14-20(6-9-24(22)33-28(23)37)27(36)31-16-19-4-7-21(30)8-5-19/h4-9,14-15,32H,10-13,16H2,1-3H3,(H,31,36)(H,33,37)/b23-15-. The van der Waals surface area contributed by atoms with Gasteiger partial charge >= 0.3 is 0 Å². The van der Waals surface area contributed by atoms with Crippen molar-refractivity contribution < 1.29 is 14.4 Å². The van der Waals surface area contributed by atoms with Crippen LogP contribution in [0.15, 0.2) is 42.5 Å². The lowest BCUT2D eigenvalue weighted by Gasteiger charge is -2.32. The van der Waals surface area contributed by atoms with Crippen molar-refractivity contribution in [2.45, 2.75) is 20.4 Å². The van der Waals surface area contributed by atoms with Crippen LogP contribution >= 0.6 is 11.6 Å². The number of amides is 3. The molecule has 3 heterocycles. The Balaban J connectivity index is 1.38. The molecule has 1 fully saturated rings. The number of nitrogens with zero attached hydrogens (tertiary/aromatic N) is 2. The van der Waals surface area contributed by atoms with Crippen LogP contribution in [0.5, 0.6) is 0 Å². The Bertz CT molecular complexity index is 1450. The summed E-state index contributed by atoms with van der Waals surface area (Å²) in [5.41, 5.74) is 6.04. The molecule has 2 aliphatic heterocycles. The molecule has 38 heavy (non-hydrogen) atoms. The van der Waals surface area contributed by atoms with Gasteiger partial charge in [0, 0.05) is 65.9 Å². The zero-order valence-corrected chi connectivity index (χ0v) is 22.4. The number of nitrogens with one attached hydrogen (secondary N) is 3. The molecule has 9 heteroatoms. The fourth-order valence-electron chi connectivity index (χ4n) is 4.91. The number of hydrogen-bond donors (Lipinski definition) is 3. The number of benzene rings is 2. The minimum Gasteiger partial charge on any atom is -0.358 e. The number of likely N-dealkylation sites (N-methyl/N-ethyl adjacent to an activating group) is 1. The van der Waals surface area contributed by atoms with E-state index in [0.717, 1.165) is 29.9 Å².